The normalized spacial score (nSPS) is 12.3. The van der Waals surface area contributed by atoms with Gasteiger partial charge in [-0.3, -0.25) is 10.1 Å². The summed E-state index contributed by atoms with van der Waals surface area (Å²) in [5, 5.41) is 15.7. The van der Waals surface area contributed by atoms with E-state index < -0.39 is 17.9 Å². The van der Waals surface area contributed by atoms with Crippen LogP contribution in [-0.2, 0) is 11.8 Å². The number of aliphatic carboxylic acids is 1. The molecule has 0 aliphatic carbocycles. The van der Waals surface area contributed by atoms with E-state index in [0.717, 1.165) is 11.0 Å². The Bertz CT molecular complexity index is 896. The summed E-state index contributed by atoms with van der Waals surface area (Å²) in [6.45, 7) is 1.46. The number of aromatic nitrogens is 4. The van der Waals surface area contributed by atoms with E-state index >= 15 is 0 Å². The van der Waals surface area contributed by atoms with Crippen LogP contribution in [0.4, 0.5) is 5.95 Å². The van der Waals surface area contributed by atoms with Gasteiger partial charge in [-0.2, -0.15) is 5.10 Å². The molecule has 3 aromatic rings. The molecule has 8 heteroatoms. The Hall–Kier alpha value is -3.16. The van der Waals surface area contributed by atoms with Crippen LogP contribution < -0.4 is 5.32 Å². The molecule has 0 spiro atoms. The Labute approximate surface area is 131 Å². The number of anilines is 1. The van der Waals surface area contributed by atoms with Crippen molar-refractivity contribution in [1.29, 1.82) is 0 Å². The van der Waals surface area contributed by atoms with Crippen LogP contribution in [0.5, 0.6) is 0 Å². The van der Waals surface area contributed by atoms with E-state index in [4.69, 9.17) is 5.11 Å². The van der Waals surface area contributed by atoms with E-state index in [9.17, 15) is 9.59 Å². The van der Waals surface area contributed by atoms with Crippen LogP contribution in [0.3, 0.4) is 0 Å². The summed E-state index contributed by atoms with van der Waals surface area (Å²) >= 11 is 0. The first-order chi connectivity index (χ1) is 11.0. The molecule has 2 heterocycles. The molecule has 1 atom stereocenters. The van der Waals surface area contributed by atoms with Crippen molar-refractivity contribution >= 4 is 28.9 Å². The minimum absolute atomic E-state index is 0.159. The molecule has 0 aliphatic rings. The first kappa shape index (κ1) is 14.8. The fraction of sp³-hybridized carbons (Fsp3) is 0.200. The fourth-order valence-corrected chi connectivity index (χ4v) is 2.33. The van der Waals surface area contributed by atoms with E-state index in [2.05, 4.69) is 15.4 Å². The number of benzene rings is 1. The van der Waals surface area contributed by atoms with Crippen molar-refractivity contribution in [2.75, 3.05) is 5.32 Å². The van der Waals surface area contributed by atoms with Crippen molar-refractivity contribution in [2.45, 2.75) is 13.0 Å². The number of hydrogen-bond donors (Lipinski definition) is 2. The van der Waals surface area contributed by atoms with Gasteiger partial charge >= 0.3 is 5.97 Å². The maximum absolute atomic E-state index is 12.4. The molecule has 0 saturated heterocycles. The third-order valence-electron chi connectivity index (χ3n) is 3.64. The number of carbonyl (C=O) groups is 2. The zero-order valence-electron chi connectivity index (χ0n) is 12.6. The zero-order chi connectivity index (χ0) is 16.6. The second-order valence-electron chi connectivity index (χ2n) is 5.11. The third kappa shape index (κ3) is 2.54. The number of amides is 1. The summed E-state index contributed by atoms with van der Waals surface area (Å²) in [6.07, 6.45) is 1.39. The van der Waals surface area contributed by atoms with E-state index in [-0.39, 0.29) is 5.69 Å². The molecule has 2 aromatic heterocycles. The molecule has 1 unspecified atom stereocenters. The van der Waals surface area contributed by atoms with Crippen LogP contribution in [0.2, 0.25) is 0 Å². The number of fused-ring (bicyclic) bond motifs is 1. The van der Waals surface area contributed by atoms with Gasteiger partial charge in [-0.15, -0.1) is 0 Å². The van der Waals surface area contributed by atoms with Gasteiger partial charge in [0.25, 0.3) is 5.91 Å². The standard InChI is InChI=1S/C15H15N5O3/c1-9(14(22)23)20-12(7-8-16-20)13(21)18-15-17-10-5-3-4-6-11(10)19(15)2/h3-9H,1-2H3,(H,22,23)(H,17,18,21). The van der Waals surface area contributed by atoms with Crippen LogP contribution in [-0.4, -0.2) is 36.3 Å². The van der Waals surface area contributed by atoms with Crippen LogP contribution >= 0.6 is 0 Å². The number of hydrogen-bond acceptors (Lipinski definition) is 4. The van der Waals surface area contributed by atoms with E-state index in [1.54, 1.807) is 11.6 Å². The number of imidazole rings is 1. The highest BCUT2D eigenvalue weighted by Gasteiger charge is 2.22. The van der Waals surface area contributed by atoms with Crippen molar-refractivity contribution in [2.24, 2.45) is 7.05 Å². The van der Waals surface area contributed by atoms with Gasteiger partial charge in [0.05, 0.1) is 11.0 Å². The Morgan fingerprint density at radius 3 is 2.70 bits per heavy atom. The smallest absolute Gasteiger partial charge is 0.328 e. The lowest BCUT2D eigenvalue weighted by atomic mass is 10.3. The number of nitrogens with zero attached hydrogens (tertiary/aromatic N) is 4. The van der Waals surface area contributed by atoms with Gasteiger partial charge in [0.1, 0.15) is 11.7 Å². The number of rotatable bonds is 4. The molecule has 8 nitrogen and oxygen atoms in total. The highest BCUT2D eigenvalue weighted by atomic mass is 16.4. The largest absolute Gasteiger partial charge is 0.480 e. The van der Waals surface area contributed by atoms with Crippen LogP contribution in [0.1, 0.15) is 23.5 Å². The summed E-state index contributed by atoms with van der Waals surface area (Å²) in [5.74, 6) is -1.15. The summed E-state index contributed by atoms with van der Waals surface area (Å²) < 4.78 is 2.93. The van der Waals surface area contributed by atoms with Gasteiger partial charge in [-0.1, -0.05) is 12.1 Å². The van der Waals surface area contributed by atoms with Crippen LogP contribution in [0.25, 0.3) is 11.0 Å². The van der Waals surface area contributed by atoms with Crippen molar-refractivity contribution < 1.29 is 14.7 Å². The van der Waals surface area contributed by atoms with Gasteiger partial charge in [-0.25, -0.2) is 14.5 Å². The lowest BCUT2D eigenvalue weighted by Crippen LogP contribution is -2.24. The topological polar surface area (TPSA) is 102 Å². The number of para-hydroxylation sites is 2. The average Bonchev–Trinajstić information content (AvgIpc) is 3.13. The lowest BCUT2D eigenvalue weighted by Gasteiger charge is -2.11. The quantitative estimate of drug-likeness (QED) is 0.763. The van der Waals surface area contributed by atoms with Crippen molar-refractivity contribution in [3.05, 3.63) is 42.2 Å². The molecule has 118 valence electrons. The monoisotopic (exact) mass is 313 g/mol. The van der Waals surface area contributed by atoms with E-state index in [0.29, 0.717) is 5.95 Å². The fourth-order valence-electron chi connectivity index (χ4n) is 2.33. The summed E-state index contributed by atoms with van der Waals surface area (Å²) in [4.78, 5) is 27.9. The van der Waals surface area contributed by atoms with Crippen molar-refractivity contribution in [3.8, 4) is 0 Å². The van der Waals surface area contributed by atoms with Gasteiger partial charge < -0.3 is 9.67 Å². The molecule has 1 amide bonds. The number of nitrogens with one attached hydrogen (secondary N) is 1. The Morgan fingerprint density at radius 1 is 1.26 bits per heavy atom. The van der Waals surface area contributed by atoms with E-state index in [1.165, 1.54) is 23.9 Å². The van der Waals surface area contributed by atoms with Crippen LogP contribution in [0, 0.1) is 0 Å². The molecular formula is C15H15N5O3. The molecular weight excluding hydrogens is 298 g/mol. The van der Waals surface area contributed by atoms with Crippen molar-refractivity contribution in [1.82, 2.24) is 19.3 Å². The van der Waals surface area contributed by atoms with Gasteiger partial charge in [0.15, 0.2) is 0 Å². The van der Waals surface area contributed by atoms with Gasteiger partial charge in [0.2, 0.25) is 5.95 Å². The number of carboxylic acid groups (broad SMARTS) is 1. The second kappa shape index (κ2) is 5.56. The molecule has 0 saturated carbocycles. The number of carboxylic acids is 1. The van der Waals surface area contributed by atoms with Crippen molar-refractivity contribution in [3.63, 3.8) is 0 Å². The number of carbonyl (C=O) groups excluding carboxylic acids is 1. The van der Waals surface area contributed by atoms with Gasteiger partial charge in [0, 0.05) is 13.2 Å². The second-order valence-corrected chi connectivity index (χ2v) is 5.11. The van der Waals surface area contributed by atoms with Crippen LogP contribution in [0.15, 0.2) is 36.5 Å². The lowest BCUT2D eigenvalue weighted by molar-refractivity contribution is -0.140. The molecule has 1 aromatic carbocycles. The minimum atomic E-state index is -1.06. The Balaban J connectivity index is 1.91. The third-order valence-corrected chi connectivity index (χ3v) is 3.64. The first-order valence-corrected chi connectivity index (χ1v) is 6.98. The molecule has 0 bridgehead atoms. The molecule has 23 heavy (non-hydrogen) atoms. The Morgan fingerprint density at radius 2 is 2.00 bits per heavy atom. The molecule has 0 radical (unpaired) electrons. The molecule has 0 fully saturated rings. The Kier molecular flexibility index (Phi) is 3.57. The van der Waals surface area contributed by atoms with E-state index in [1.807, 2.05) is 24.3 Å². The predicted molar refractivity (Wildman–Crippen MR) is 83.2 cm³/mol. The summed E-state index contributed by atoms with van der Waals surface area (Å²) in [6, 6.07) is 8.03. The van der Waals surface area contributed by atoms with Gasteiger partial charge in [-0.05, 0) is 25.1 Å². The minimum Gasteiger partial charge on any atom is -0.480 e. The highest BCUT2D eigenvalue weighted by Crippen LogP contribution is 2.18. The molecule has 2 N–H and O–H groups in total. The molecule has 0 aliphatic heterocycles. The highest BCUT2D eigenvalue weighted by molar-refractivity contribution is 6.03. The summed E-state index contributed by atoms with van der Waals surface area (Å²) in [7, 11) is 1.79. The summed E-state index contributed by atoms with van der Waals surface area (Å²) in [5.41, 5.74) is 1.81. The zero-order valence-corrected chi connectivity index (χ0v) is 12.6. The average molecular weight is 313 g/mol. The SMILES string of the molecule is CC(C(=O)O)n1nccc1C(=O)Nc1nc2ccccc2n1C. The number of aryl methyl sites for hydroxylation is 1. The molecule has 3 rings (SSSR count). The first-order valence-electron chi connectivity index (χ1n) is 6.98. The maximum Gasteiger partial charge on any atom is 0.328 e. The maximum atomic E-state index is 12.4. The predicted octanol–water partition coefficient (Wildman–Crippen LogP) is 1.67.